The molecule has 0 fully saturated rings. The van der Waals surface area contributed by atoms with Crippen LogP contribution in [0.15, 0.2) is 24.3 Å². The van der Waals surface area contributed by atoms with Gasteiger partial charge in [-0.25, -0.2) is 4.79 Å². The zero-order valence-corrected chi connectivity index (χ0v) is 11.8. The van der Waals surface area contributed by atoms with Crippen molar-refractivity contribution in [1.82, 2.24) is 5.32 Å². The van der Waals surface area contributed by atoms with Crippen LogP contribution >= 0.6 is 11.8 Å². The van der Waals surface area contributed by atoms with E-state index < -0.39 is 18.0 Å². The molecule has 0 spiro atoms. The van der Waals surface area contributed by atoms with Gasteiger partial charge in [0.1, 0.15) is 0 Å². The standard InChI is InChI=1S/C13H18N2O3S/c1-9-4-3-5-10(8-9)14-13(18)15-11(12(16)17)6-7-19-2/h3-5,8,11H,6-7H2,1-2H3,(H,16,17)(H2,14,15,18)/p-1/t11-/m0/s1. The third-order valence-corrected chi connectivity index (χ3v) is 3.12. The van der Waals surface area contributed by atoms with Crippen molar-refractivity contribution in [3.8, 4) is 0 Å². The van der Waals surface area contributed by atoms with E-state index in [-0.39, 0.29) is 0 Å². The fourth-order valence-electron chi connectivity index (χ4n) is 1.53. The highest BCUT2D eigenvalue weighted by Gasteiger charge is 2.13. The number of thioether (sulfide) groups is 1. The summed E-state index contributed by atoms with van der Waals surface area (Å²) in [6.07, 6.45) is 2.21. The zero-order valence-electron chi connectivity index (χ0n) is 10.9. The van der Waals surface area contributed by atoms with E-state index in [2.05, 4.69) is 10.6 Å². The average molecular weight is 281 g/mol. The lowest BCUT2D eigenvalue weighted by molar-refractivity contribution is -0.308. The van der Waals surface area contributed by atoms with Crippen molar-refractivity contribution in [2.24, 2.45) is 0 Å². The molecule has 0 heterocycles. The second-order valence-electron chi connectivity index (χ2n) is 4.12. The first kappa shape index (κ1) is 15.4. The van der Waals surface area contributed by atoms with Crippen molar-refractivity contribution in [1.29, 1.82) is 0 Å². The number of carbonyl (C=O) groups excluding carboxylic acids is 2. The van der Waals surface area contributed by atoms with Gasteiger partial charge in [0.25, 0.3) is 0 Å². The van der Waals surface area contributed by atoms with Gasteiger partial charge in [0.05, 0.1) is 12.0 Å². The predicted octanol–water partition coefficient (Wildman–Crippen LogP) is 0.988. The first-order chi connectivity index (χ1) is 9.02. The lowest BCUT2D eigenvalue weighted by Crippen LogP contribution is -2.49. The monoisotopic (exact) mass is 281 g/mol. The molecule has 2 amide bonds. The molecular formula is C13H17N2O3S-. The molecule has 19 heavy (non-hydrogen) atoms. The normalized spacial score (nSPS) is 11.7. The highest BCUT2D eigenvalue weighted by molar-refractivity contribution is 7.98. The van der Waals surface area contributed by atoms with E-state index in [0.29, 0.717) is 17.9 Å². The number of carboxylic acids is 1. The smallest absolute Gasteiger partial charge is 0.319 e. The van der Waals surface area contributed by atoms with Crippen LogP contribution in [0.4, 0.5) is 10.5 Å². The molecule has 5 nitrogen and oxygen atoms in total. The molecule has 1 rings (SSSR count). The summed E-state index contributed by atoms with van der Waals surface area (Å²) in [6.45, 7) is 1.91. The Morgan fingerprint density at radius 1 is 1.42 bits per heavy atom. The quantitative estimate of drug-likeness (QED) is 0.814. The summed E-state index contributed by atoms with van der Waals surface area (Å²) in [6, 6.07) is 5.75. The number of anilines is 1. The maximum absolute atomic E-state index is 11.7. The highest BCUT2D eigenvalue weighted by Crippen LogP contribution is 2.09. The molecule has 0 saturated heterocycles. The molecule has 0 radical (unpaired) electrons. The van der Waals surface area contributed by atoms with Crippen LogP contribution in [0.25, 0.3) is 0 Å². The lowest BCUT2D eigenvalue weighted by atomic mass is 10.2. The van der Waals surface area contributed by atoms with Crippen molar-refractivity contribution in [3.05, 3.63) is 29.8 Å². The van der Waals surface area contributed by atoms with E-state index in [1.165, 1.54) is 11.8 Å². The Balaban J connectivity index is 2.55. The summed E-state index contributed by atoms with van der Waals surface area (Å²) in [5.74, 6) is -0.628. The molecule has 1 aromatic rings. The van der Waals surface area contributed by atoms with Crippen molar-refractivity contribution in [2.75, 3.05) is 17.3 Å². The molecule has 0 aliphatic carbocycles. The van der Waals surface area contributed by atoms with Crippen molar-refractivity contribution < 1.29 is 14.7 Å². The largest absolute Gasteiger partial charge is 0.548 e. The van der Waals surface area contributed by atoms with E-state index >= 15 is 0 Å². The predicted molar refractivity (Wildman–Crippen MR) is 75.1 cm³/mol. The fraction of sp³-hybridized carbons (Fsp3) is 0.385. The summed E-state index contributed by atoms with van der Waals surface area (Å²) < 4.78 is 0. The first-order valence-electron chi connectivity index (χ1n) is 5.87. The van der Waals surface area contributed by atoms with Crippen LogP contribution in [0.2, 0.25) is 0 Å². The van der Waals surface area contributed by atoms with Crippen LogP contribution in [-0.4, -0.2) is 30.1 Å². The number of nitrogens with one attached hydrogen (secondary N) is 2. The SMILES string of the molecule is CSCC[C@H](NC(=O)Nc1cccc(C)c1)C(=O)[O-]. The van der Waals surface area contributed by atoms with E-state index in [9.17, 15) is 14.7 Å². The molecule has 6 heteroatoms. The first-order valence-corrected chi connectivity index (χ1v) is 7.26. The van der Waals surface area contributed by atoms with Crippen molar-refractivity contribution in [3.63, 3.8) is 0 Å². The summed E-state index contributed by atoms with van der Waals surface area (Å²) in [5, 5.41) is 15.9. The van der Waals surface area contributed by atoms with Crippen LogP contribution in [0, 0.1) is 6.92 Å². The molecule has 0 aliphatic rings. The van der Waals surface area contributed by atoms with Gasteiger partial charge in [-0.15, -0.1) is 0 Å². The topological polar surface area (TPSA) is 81.3 Å². The van der Waals surface area contributed by atoms with E-state index in [4.69, 9.17) is 0 Å². The molecule has 0 aliphatic heterocycles. The van der Waals surface area contributed by atoms with Gasteiger partial charge in [-0.1, -0.05) is 12.1 Å². The molecule has 1 aromatic carbocycles. The molecule has 104 valence electrons. The zero-order chi connectivity index (χ0) is 14.3. The summed E-state index contributed by atoms with van der Waals surface area (Å²) in [5.41, 5.74) is 1.64. The number of benzene rings is 1. The van der Waals surface area contributed by atoms with Gasteiger partial charge >= 0.3 is 6.03 Å². The number of urea groups is 1. The second-order valence-corrected chi connectivity index (χ2v) is 5.11. The van der Waals surface area contributed by atoms with Gasteiger partial charge in [0.2, 0.25) is 0 Å². The minimum Gasteiger partial charge on any atom is -0.548 e. The number of amides is 2. The second kappa shape index (κ2) is 7.68. The summed E-state index contributed by atoms with van der Waals surface area (Å²) in [7, 11) is 0. The fourth-order valence-corrected chi connectivity index (χ4v) is 2.00. The highest BCUT2D eigenvalue weighted by atomic mass is 32.2. The number of rotatable bonds is 6. The molecule has 0 unspecified atom stereocenters. The number of hydrogen-bond acceptors (Lipinski definition) is 4. The van der Waals surface area contributed by atoms with Crippen LogP contribution < -0.4 is 15.7 Å². The Labute approximate surface area is 116 Å². The average Bonchev–Trinajstić information content (AvgIpc) is 2.34. The molecule has 2 N–H and O–H groups in total. The summed E-state index contributed by atoms with van der Waals surface area (Å²) >= 11 is 1.52. The Bertz CT molecular complexity index is 451. The number of aliphatic carboxylic acids is 1. The minimum absolute atomic E-state index is 0.338. The van der Waals surface area contributed by atoms with Gasteiger partial charge in [0.15, 0.2) is 0 Å². The maximum atomic E-state index is 11.7. The Morgan fingerprint density at radius 2 is 2.16 bits per heavy atom. The maximum Gasteiger partial charge on any atom is 0.319 e. The minimum atomic E-state index is -1.27. The summed E-state index contributed by atoms with van der Waals surface area (Å²) in [4.78, 5) is 22.6. The van der Waals surface area contributed by atoms with Crippen LogP contribution in [0.1, 0.15) is 12.0 Å². The Hall–Kier alpha value is -1.69. The molecule has 1 atom stereocenters. The Morgan fingerprint density at radius 3 is 2.74 bits per heavy atom. The van der Waals surface area contributed by atoms with Crippen molar-refractivity contribution >= 4 is 29.4 Å². The number of carboxylic acid groups (broad SMARTS) is 1. The van der Waals surface area contributed by atoms with Crippen LogP contribution in [-0.2, 0) is 4.79 Å². The molecule has 0 bridgehead atoms. The third kappa shape index (κ3) is 5.65. The third-order valence-electron chi connectivity index (χ3n) is 2.48. The Kier molecular flexibility index (Phi) is 6.21. The van der Waals surface area contributed by atoms with Gasteiger partial charge < -0.3 is 20.5 Å². The number of hydrogen-bond donors (Lipinski definition) is 2. The number of aryl methyl sites for hydroxylation is 1. The van der Waals surface area contributed by atoms with Gasteiger partial charge in [-0.05, 0) is 43.0 Å². The molecule has 0 saturated carbocycles. The van der Waals surface area contributed by atoms with Gasteiger partial charge in [-0.3, -0.25) is 0 Å². The van der Waals surface area contributed by atoms with Crippen LogP contribution in [0.3, 0.4) is 0 Å². The molecular weight excluding hydrogens is 264 g/mol. The molecule has 0 aromatic heterocycles. The number of carbonyl (C=O) groups is 2. The lowest BCUT2D eigenvalue weighted by Gasteiger charge is -2.19. The van der Waals surface area contributed by atoms with E-state index in [1.807, 2.05) is 25.3 Å². The van der Waals surface area contributed by atoms with Gasteiger partial charge in [0, 0.05) is 5.69 Å². The van der Waals surface area contributed by atoms with Crippen LogP contribution in [0.5, 0.6) is 0 Å². The van der Waals surface area contributed by atoms with Crippen molar-refractivity contribution in [2.45, 2.75) is 19.4 Å². The van der Waals surface area contributed by atoms with E-state index in [1.54, 1.807) is 12.1 Å². The van der Waals surface area contributed by atoms with E-state index in [0.717, 1.165) is 5.56 Å². The van der Waals surface area contributed by atoms with Gasteiger partial charge in [-0.2, -0.15) is 11.8 Å².